The fourth-order valence-corrected chi connectivity index (χ4v) is 1.92. The fraction of sp³-hybridized carbons (Fsp3) is 0.111. The maximum Gasteiger partial charge on any atom is 0.248 e. The van der Waals surface area contributed by atoms with E-state index in [-0.39, 0.29) is 5.56 Å². The number of ether oxygens (including phenoxy) is 1. The molecule has 0 heterocycles. The highest BCUT2D eigenvalue weighted by atomic mass is 19.2. The van der Waals surface area contributed by atoms with E-state index in [0.717, 1.165) is 30.4 Å². The van der Waals surface area contributed by atoms with Crippen LogP contribution in [-0.2, 0) is 4.79 Å². The lowest BCUT2D eigenvalue weighted by atomic mass is 10.1. The average Bonchev–Trinajstić information content (AvgIpc) is 2.57. The van der Waals surface area contributed by atoms with Crippen LogP contribution >= 0.6 is 0 Å². The van der Waals surface area contributed by atoms with Crippen LogP contribution in [0, 0.1) is 11.6 Å². The van der Waals surface area contributed by atoms with Crippen molar-refractivity contribution in [1.29, 1.82) is 0 Å². The van der Waals surface area contributed by atoms with E-state index in [1.807, 2.05) is 6.92 Å². The summed E-state index contributed by atoms with van der Waals surface area (Å²) in [5, 5.41) is 2.59. The predicted molar refractivity (Wildman–Crippen MR) is 86.1 cm³/mol. The van der Waals surface area contributed by atoms with Crippen LogP contribution in [0.5, 0.6) is 5.75 Å². The summed E-state index contributed by atoms with van der Waals surface area (Å²) in [5.41, 5.74) is 0.418. The number of nitrogens with one attached hydrogen (secondary N) is 1. The Bertz CT molecular complexity index is 788. The molecule has 1 N–H and O–H groups in total. The zero-order valence-electron chi connectivity index (χ0n) is 12.9. The van der Waals surface area contributed by atoms with Crippen molar-refractivity contribution >= 4 is 17.4 Å². The highest BCUT2D eigenvalue weighted by molar-refractivity contribution is 6.10. The topological polar surface area (TPSA) is 55.4 Å². The minimum absolute atomic E-state index is 0.0485. The van der Waals surface area contributed by atoms with Crippen LogP contribution in [-0.4, -0.2) is 18.3 Å². The van der Waals surface area contributed by atoms with Crippen molar-refractivity contribution in [2.75, 3.05) is 11.9 Å². The van der Waals surface area contributed by atoms with E-state index in [4.69, 9.17) is 4.74 Å². The van der Waals surface area contributed by atoms with Crippen molar-refractivity contribution in [2.45, 2.75) is 6.92 Å². The molecule has 0 unspecified atom stereocenters. The number of anilines is 1. The minimum atomic E-state index is -1.12. The molecule has 0 radical (unpaired) electrons. The molecule has 0 spiro atoms. The lowest BCUT2D eigenvalue weighted by Crippen LogP contribution is -2.10. The number of para-hydroxylation sites is 2. The maximum absolute atomic E-state index is 13.1. The minimum Gasteiger partial charge on any atom is -0.492 e. The summed E-state index contributed by atoms with van der Waals surface area (Å²) < 4.78 is 31.3. The van der Waals surface area contributed by atoms with Gasteiger partial charge in [-0.2, -0.15) is 0 Å². The van der Waals surface area contributed by atoms with Crippen LogP contribution in [0.25, 0.3) is 0 Å². The number of hydrogen-bond donors (Lipinski definition) is 1. The highest BCUT2D eigenvalue weighted by Gasteiger charge is 2.09. The second kappa shape index (κ2) is 8.01. The van der Waals surface area contributed by atoms with Gasteiger partial charge in [-0.05, 0) is 43.3 Å². The van der Waals surface area contributed by atoms with E-state index in [1.54, 1.807) is 24.3 Å². The average molecular weight is 331 g/mol. The van der Waals surface area contributed by atoms with Gasteiger partial charge >= 0.3 is 0 Å². The number of amides is 1. The van der Waals surface area contributed by atoms with E-state index in [0.29, 0.717) is 18.0 Å². The molecule has 0 aliphatic heterocycles. The number of hydrogen-bond acceptors (Lipinski definition) is 3. The molecule has 2 aromatic rings. The van der Waals surface area contributed by atoms with Gasteiger partial charge in [-0.3, -0.25) is 9.59 Å². The summed E-state index contributed by atoms with van der Waals surface area (Å²) in [4.78, 5) is 23.7. The molecule has 0 aliphatic rings. The van der Waals surface area contributed by atoms with E-state index < -0.39 is 23.3 Å². The van der Waals surface area contributed by atoms with Gasteiger partial charge in [-0.15, -0.1) is 0 Å². The zero-order valence-corrected chi connectivity index (χ0v) is 12.9. The predicted octanol–water partition coefficient (Wildman–Crippen LogP) is 3.74. The molecule has 0 aliphatic carbocycles. The normalized spacial score (nSPS) is 10.6. The monoisotopic (exact) mass is 331 g/mol. The second-order valence-electron chi connectivity index (χ2n) is 4.74. The van der Waals surface area contributed by atoms with E-state index in [1.165, 1.54) is 0 Å². The van der Waals surface area contributed by atoms with Crippen LogP contribution < -0.4 is 10.1 Å². The van der Waals surface area contributed by atoms with Gasteiger partial charge in [0.1, 0.15) is 5.75 Å². The van der Waals surface area contributed by atoms with Crippen molar-refractivity contribution in [1.82, 2.24) is 0 Å². The van der Waals surface area contributed by atoms with Crippen molar-refractivity contribution < 1.29 is 23.1 Å². The van der Waals surface area contributed by atoms with Gasteiger partial charge in [0.15, 0.2) is 17.4 Å². The lowest BCUT2D eigenvalue weighted by Gasteiger charge is -2.09. The highest BCUT2D eigenvalue weighted by Crippen LogP contribution is 2.23. The second-order valence-corrected chi connectivity index (χ2v) is 4.74. The Kier molecular flexibility index (Phi) is 5.78. The van der Waals surface area contributed by atoms with Crippen LogP contribution in [0.4, 0.5) is 14.5 Å². The lowest BCUT2D eigenvalue weighted by molar-refractivity contribution is -0.111. The third kappa shape index (κ3) is 4.49. The standard InChI is InChI=1S/C18H15F2NO3/c1-2-24-17-6-4-3-5-15(17)21-18(23)10-9-16(22)12-7-8-13(19)14(20)11-12/h3-11H,2H2,1H3,(H,21,23)/b10-9+. The number of allylic oxidation sites excluding steroid dienone is 1. The van der Waals surface area contributed by atoms with Crippen LogP contribution in [0.2, 0.25) is 0 Å². The third-order valence-electron chi connectivity index (χ3n) is 3.03. The number of halogens is 2. The van der Waals surface area contributed by atoms with Gasteiger partial charge in [0.05, 0.1) is 12.3 Å². The maximum atomic E-state index is 13.1. The summed E-state index contributed by atoms with van der Waals surface area (Å²) in [7, 11) is 0. The summed E-state index contributed by atoms with van der Waals surface area (Å²) in [6.07, 6.45) is 2.01. The summed E-state index contributed by atoms with van der Waals surface area (Å²) >= 11 is 0. The van der Waals surface area contributed by atoms with Crippen molar-refractivity contribution in [3.05, 3.63) is 71.8 Å². The molecule has 124 valence electrons. The molecule has 4 nitrogen and oxygen atoms in total. The van der Waals surface area contributed by atoms with Crippen LogP contribution in [0.1, 0.15) is 17.3 Å². The van der Waals surface area contributed by atoms with Crippen molar-refractivity contribution in [2.24, 2.45) is 0 Å². The molecular weight excluding hydrogens is 316 g/mol. The molecule has 24 heavy (non-hydrogen) atoms. The first-order valence-electron chi connectivity index (χ1n) is 7.21. The number of carbonyl (C=O) groups is 2. The van der Waals surface area contributed by atoms with E-state index in [2.05, 4.69) is 5.32 Å². The molecular formula is C18H15F2NO3. The molecule has 2 rings (SSSR count). The quantitative estimate of drug-likeness (QED) is 0.648. The summed E-state index contributed by atoms with van der Waals surface area (Å²) in [6, 6.07) is 9.65. The molecule has 6 heteroatoms. The zero-order chi connectivity index (χ0) is 17.5. The molecule has 0 bridgehead atoms. The van der Waals surface area contributed by atoms with Gasteiger partial charge in [0, 0.05) is 11.6 Å². The molecule has 2 aromatic carbocycles. The molecule has 0 saturated heterocycles. The number of benzene rings is 2. The first-order valence-corrected chi connectivity index (χ1v) is 7.21. The Labute approximate surface area is 137 Å². The molecule has 0 aromatic heterocycles. The summed E-state index contributed by atoms with van der Waals surface area (Å²) in [5.74, 6) is -2.81. The largest absolute Gasteiger partial charge is 0.492 e. The van der Waals surface area contributed by atoms with E-state index >= 15 is 0 Å². The fourth-order valence-electron chi connectivity index (χ4n) is 1.92. The SMILES string of the molecule is CCOc1ccccc1NC(=O)/C=C/C(=O)c1ccc(F)c(F)c1. The van der Waals surface area contributed by atoms with Gasteiger partial charge in [0.2, 0.25) is 5.91 Å². The first kappa shape index (κ1) is 17.3. The first-order chi connectivity index (χ1) is 11.5. The van der Waals surface area contributed by atoms with Gasteiger partial charge in [0.25, 0.3) is 0 Å². The van der Waals surface area contributed by atoms with Crippen molar-refractivity contribution in [3.8, 4) is 5.75 Å². The van der Waals surface area contributed by atoms with Crippen molar-refractivity contribution in [3.63, 3.8) is 0 Å². The molecule has 0 atom stereocenters. The number of ketones is 1. The number of rotatable bonds is 6. The van der Waals surface area contributed by atoms with Gasteiger partial charge in [-0.25, -0.2) is 8.78 Å². The summed E-state index contributed by atoms with van der Waals surface area (Å²) in [6.45, 7) is 2.26. The Morgan fingerprint density at radius 2 is 1.83 bits per heavy atom. The Morgan fingerprint density at radius 1 is 1.08 bits per heavy atom. The van der Waals surface area contributed by atoms with Crippen LogP contribution in [0.15, 0.2) is 54.6 Å². The van der Waals surface area contributed by atoms with Gasteiger partial charge < -0.3 is 10.1 Å². The molecule has 0 fully saturated rings. The third-order valence-corrected chi connectivity index (χ3v) is 3.03. The molecule has 1 amide bonds. The Balaban J connectivity index is 2.05. The van der Waals surface area contributed by atoms with Crippen LogP contribution in [0.3, 0.4) is 0 Å². The van der Waals surface area contributed by atoms with E-state index in [9.17, 15) is 18.4 Å². The number of carbonyl (C=O) groups excluding carboxylic acids is 2. The Hall–Kier alpha value is -3.02. The molecule has 0 saturated carbocycles. The smallest absolute Gasteiger partial charge is 0.248 e. The Morgan fingerprint density at radius 3 is 2.54 bits per heavy atom. The van der Waals surface area contributed by atoms with Gasteiger partial charge in [-0.1, -0.05) is 12.1 Å².